The number of ether oxygens (including phenoxy) is 2. The fraction of sp³-hybridized carbons (Fsp3) is 0.526. The van der Waals surface area contributed by atoms with Crippen molar-refractivity contribution < 1.29 is 23.0 Å². The summed E-state index contributed by atoms with van der Waals surface area (Å²) in [6, 6.07) is 3.52. The van der Waals surface area contributed by atoms with Crippen molar-refractivity contribution in [3.05, 3.63) is 28.8 Å². The van der Waals surface area contributed by atoms with Gasteiger partial charge in [0.25, 0.3) is 6.43 Å². The molecular formula is C19H23ClF2N2O3. The number of alkyl halides is 2. The van der Waals surface area contributed by atoms with Crippen LogP contribution in [-0.2, 0) is 4.79 Å². The average Bonchev–Trinajstić information content (AvgIpc) is 2.87. The lowest BCUT2D eigenvalue weighted by atomic mass is 10.0. The van der Waals surface area contributed by atoms with Crippen LogP contribution in [0.4, 0.5) is 8.78 Å². The van der Waals surface area contributed by atoms with E-state index in [2.05, 4.69) is 5.32 Å². The fourth-order valence-corrected chi connectivity index (χ4v) is 3.50. The van der Waals surface area contributed by atoms with Gasteiger partial charge in [0.1, 0.15) is 0 Å². The normalized spacial score (nSPS) is 18.7. The van der Waals surface area contributed by atoms with Crippen LogP contribution in [0.1, 0.15) is 24.8 Å². The Balaban J connectivity index is 1.53. The summed E-state index contributed by atoms with van der Waals surface area (Å²) in [4.78, 5) is 13.9. The highest BCUT2D eigenvalue weighted by Gasteiger charge is 2.22. The van der Waals surface area contributed by atoms with E-state index in [1.165, 1.54) is 6.08 Å². The minimum Gasteiger partial charge on any atom is -0.489 e. The van der Waals surface area contributed by atoms with Crippen molar-refractivity contribution in [3.8, 4) is 11.5 Å². The predicted molar refractivity (Wildman–Crippen MR) is 99.7 cm³/mol. The number of hydrogen-bond donors (Lipinski definition) is 1. The molecule has 148 valence electrons. The monoisotopic (exact) mass is 400 g/mol. The van der Waals surface area contributed by atoms with E-state index < -0.39 is 6.43 Å². The smallest absolute Gasteiger partial charge is 0.251 e. The fourth-order valence-electron chi connectivity index (χ4n) is 3.22. The first-order valence-electron chi connectivity index (χ1n) is 9.09. The number of nitrogens with zero attached hydrogens (tertiary/aromatic N) is 1. The van der Waals surface area contributed by atoms with Gasteiger partial charge < -0.3 is 14.8 Å². The molecule has 0 unspecified atom stereocenters. The standard InChI is InChI=1S/C19H23ClF2N2O3/c20-15-10-13(11-16-19(15)27-9-1-8-26-16)2-3-18(25)23-14-4-6-24(7-5-14)12-17(21)22/h2-3,10-11,14,17H,1,4-9,12H2,(H,23,25)/b3-2+. The molecular weight excluding hydrogens is 378 g/mol. The lowest BCUT2D eigenvalue weighted by molar-refractivity contribution is -0.117. The maximum absolute atomic E-state index is 12.4. The Morgan fingerprint density at radius 2 is 2.04 bits per heavy atom. The highest BCUT2D eigenvalue weighted by molar-refractivity contribution is 6.32. The largest absolute Gasteiger partial charge is 0.489 e. The highest BCUT2D eigenvalue weighted by Crippen LogP contribution is 2.38. The minimum absolute atomic E-state index is 0.00318. The molecule has 1 aromatic carbocycles. The molecule has 1 amide bonds. The van der Waals surface area contributed by atoms with Crippen LogP contribution >= 0.6 is 11.6 Å². The van der Waals surface area contributed by atoms with E-state index >= 15 is 0 Å². The molecule has 27 heavy (non-hydrogen) atoms. The van der Waals surface area contributed by atoms with Gasteiger partial charge in [-0.3, -0.25) is 9.69 Å². The minimum atomic E-state index is -2.32. The number of rotatable bonds is 5. The van der Waals surface area contributed by atoms with Gasteiger partial charge in [0.2, 0.25) is 5.91 Å². The number of nitrogens with one attached hydrogen (secondary N) is 1. The van der Waals surface area contributed by atoms with E-state index in [0.717, 1.165) is 12.0 Å². The number of carbonyl (C=O) groups is 1. The molecule has 2 heterocycles. The Morgan fingerprint density at radius 3 is 2.78 bits per heavy atom. The SMILES string of the molecule is O=C(/C=C/c1cc(Cl)c2c(c1)OCCCO2)NC1CCN(CC(F)F)CC1. The van der Waals surface area contributed by atoms with Crippen molar-refractivity contribution >= 4 is 23.6 Å². The van der Waals surface area contributed by atoms with E-state index in [-0.39, 0.29) is 18.5 Å². The zero-order valence-electron chi connectivity index (χ0n) is 14.9. The van der Waals surface area contributed by atoms with E-state index in [1.807, 2.05) is 0 Å². The third-order valence-electron chi connectivity index (χ3n) is 4.58. The van der Waals surface area contributed by atoms with E-state index in [0.29, 0.717) is 55.7 Å². The Kier molecular flexibility index (Phi) is 6.90. The highest BCUT2D eigenvalue weighted by atomic mass is 35.5. The van der Waals surface area contributed by atoms with Crippen molar-refractivity contribution in [1.82, 2.24) is 10.2 Å². The molecule has 1 saturated heterocycles. The quantitative estimate of drug-likeness (QED) is 0.770. The van der Waals surface area contributed by atoms with Gasteiger partial charge in [-0.2, -0.15) is 0 Å². The molecule has 0 radical (unpaired) electrons. The molecule has 1 fully saturated rings. The van der Waals surface area contributed by atoms with Crippen LogP contribution in [0.5, 0.6) is 11.5 Å². The summed E-state index contributed by atoms with van der Waals surface area (Å²) in [5.41, 5.74) is 0.742. The van der Waals surface area contributed by atoms with Gasteiger partial charge in [0.15, 0.2) is 11.5 Å². The zero-order valence-corrected chi connectivity index (χ0v) is 15.7. The van der Waals surface area contributed by atoms with Gasteiger partial charge >= 0.3 is 0 Å². The lowest BCUT2D eigenvalue weighted by Gasteiger charge is -2.31. The second kappa shape index (κ2) is 9.37. The van der Waals surface area contributed by atoms with E-state index in [1.54, 1.807) is 23.1 Å². The van der Waals surface area contributed by atoms with Gasteiger partial charge in [-0.05, 0) is 36.6 Å². The summed E-state index contributed by atoms with van der Waals surface area (Å²) >= 11 is 6.24. The Hall–Kier alpha value is -1.86. The first-order valence-corrected chi connectivity index (χ1v) is 9.47. The van der Waals surface area contributed by atoms with Gasteiger partial charge in [-0.1, -0.05) is 11.6 Å². The summed E-state index contributed by atoms with van der Waals surface area (Å²) in [5.74, 6) is 0.892. The van der Waals surface area contributed by atoms with Crippen molar-refractivity contribution in [2.24, 2.45) is 0 Å². The molecule has 0 atom stereocenters. The predicted octanol–water partition coefficient (Wildman–Crippen LogP) is 3.36. The summed E-state index contributed by atoms with van der Waals surface area (Å²) in [5, 5.41) is 3.37. The molecule has 0 aromatic heterocycles. The average molecular weight is 401 g/mol. The van der Waals surface area contributed by atoms with Crippen molar-refractivity contribution in [3.63, 3.8) is 0 Å². The van der Waals surface area contributed by atoms with Gasteiger partial charge in [0.05, 0.1) is 24.8 Å². The number of piperidine rings is 1. The van der Waals surface area contributed by atoms with Crippen molar-refractivity contribution in [1.29, 1.82) is 0 Å². The lowest BCUT2D eigenvalue weighted by Crippen LogP contribution is -2.45. The molecule has 0 aliphatic carbocycles. The molecule has 1 aromatic rings. The van der Waals surface area contributed by atoms with Crippen LogP contribution in [-0.4, -0.2) is 56.1 Å². The summed E-state index contributed by atoms with van der Waals surface area (Å²) < 4.78 is 36.0. The van der Waals surface area contributed by atoms with Crippen molar-refractivity contribution in [2.45, 2.75) is 31.7 Å². The number of fused-ring (bicyclic) bond motifs is 1. The molecule has 2 aliphatic heterocycles. The number of carbonyl (C=O) groups excluding carboxylic acids is 1. The van der Waals surface area contributed by atoms with E-state index in [9.17, 15) is 13.6 Å². The van der Waals surface area contributed by atoms with Crippen LogP contribution < -0.4 is 14.8 Å². The summed E-state index contributed by atoms with van der Waals surface area (Å²) in [6.45, 7) is 2.04. The molecule has 3 rings (SSSR count). The third kappa shape index (κ3) is 5.81. The van der Waals surface area contributed by atoms with Crippen LogP contribution in [0, 0.1) is 0 Å². The second-order valence-corrected chi connectivity index (χ2v) is 7.10. The van der Waals surface area contributed by atoms with Gasteiger partial charge in [0, 0.05) is 31.6 Å². The molecule has 0 bridgehead atoms. The number of likely N-dealkylation sites (tertiary alicyclic amines) is 1. The topological polar surface area (TPSA) is 50.8 Å². The molecule has 0 saturated carbocycles. The van der Waals surface area contributed by atoms with Crippen molar-refractivity contribution in [2.75, 3.05) is 32.8 Å². The van der Waals surface area contributed by atoms with E-state index in [4.69, 9.17) is 21.1 Å². The third-order valence-corrected chi connectivity index (χ3v) is 4.86. The Bertz CT molecular complexity index is 692. The number of benzene rings is 1. The maximum Gasteiger partial charge on any atom is 0.251 e. The number of halogens is 3. The Labute approximate surface area is 162 Å². The molecule has 8 heteroatoms. The summed E-state index contributed by atoms with van der Waals surface area (Å²) in [6.07, 6.45) is 2.92. The molecule has 1 N–H and O–H groups in total. The van der Waals surface area contributed by atoms with Crippen LogP contribution in [0.15, 0.2) is 18.2 Å². The second-order valence-electron chi connectivity index (χ2n) is 6.69. The molecule has 5 nitrogen and oxygen atoms in total. The maximum atomic E-state index is 12.4. The molecule has 2 aliphatic rings. The van der Waals surface area contributed by atoms with Crippen LogP contribution in [0.25, 0.3) is 6.08 Å². The van der Waals surface area contributed by atoms with Gasteiger partial charge in [-0.25, -0.2) is 8.78 Å². The zero-order chi connectivity index (χ0) is 19.2. The van der Waals surface area contributed by atoms with Crippen LogP contribution in [0.2, 0.25) is 5.02 Å². The van der Waals surface area contributed by atoms with Crippen LogP contribution in [0.3, 0.4) is 0 Å². The first-order chi connectivity index (χ1) is 13.0. The first kappa shape index (κ1) is 19.9. The Morgan fingerprint density at radius 1 is 1.30 bits per heavy atom. The summed E-state index contributed by atoms with van der Waals surface area (Å²) in [7, 11) is 0. The number of hydrogen-bond acceptors (Lipinski definition) is 4. The molecule has 0 spiro atoms. The van der Waals surface area contributed by atoms with Gasteiger partial charge in [-0.15, -0.1) is 0 Å². The number of amides is 1.